The van der Waals surface area contributed by atoms with Crippen LogP contribution < -0.4 is 5.06 Å². The first-order valence-electron chi connectivity index (χ1n) is 6.90. The van der Waals surface area contributed by atoms with Gasteiger partial charge in [0.2, 0.25) is 0 Å². The highest BCUT2D eigenvalue weighted by molar-refractivity contribution is 4.97. The monoisotopic (exact) mass is 223 g/mol. The Morgan fingerprint density at radius 1 is 1.06 bits per heavy atom. The lowest BCUT2D eigenvalue weighted by atomic mass is 9.86. The van der Waals surface area contributed by atoms with E-state index < -0.39 is 0 Å². The van der Waals surface area contributed by atoms with Crippen LogP contribution in [-0.2, 0) is 0 Å². The van der Waals surface area contributed by atoms with Gasteiger partial charge in [-0.2, -0.15) is 0 Å². The Morgan fingerprint density at radius 2 is 1.75 bits per heavy atom. The Kier molecular flexibility index (Phi) is 4.04. The van der Waals surface area contributed by atoms with E-state index in [-0.39, 0.29) is 0 Å². The average molecular weight is 223 g/mol. The molecule has 2 aliphatic carbocycles. The standard InChI is InChI=1S/C14H25NO/c1-11-3-7-13(8-4-11)15(16)14-9-5-12(2)6-10-14/h7,11-12,14-15H,3-6,8-10H2,1-2H3. The molecule has 2 aliphatic rings. The van der Waals surface area contributed by atoms with E-state index >= 15 is 0 Å². The summed E-state index contributed by atoms with van der Waals surface area (Å²) in [5.41, 5.74) is 1.15. The normalized spacial score (nSPS) is 37.9. The molecule has 2 atom stereocenters. The predicted molar refractivity (Wildman–Crippen MR) is 66.8 cm³/mol. The Hall–Kier alpha value is -0.340. The fourth-order valence-electron chi connectivity index (χ4n) is 2.97. The third-order valence-corrected chi connectivity index (χ3v) is 4.38. The van der Waals surface area contributed by atoms with Crippen LogP contribution in [0.3, 0.4) is 0 Å². The molecule has 92 valence electrons. The second-order valence-corrected chi connectivity index (χ2v) is 5.93. The summed E-state index contributed by atoms with van der Waals surface area (Å²) in [6, 6.07) is 0.357. The van der Waals surface area contributed by atoms with Crippen molar-refractivity contribution in [2.24, 2.45) is 11.8 Å². The van der Waals surface area contributed by atoms with Gasteiger partial charge in [0, 0.05) is 19.3 Å². The van der Waals surface area contributed by atoms with Gasteiger partial charge in [0.1, 0.15) is 5.70 Å². The maximum absolute atomic E-state index is 12.3. The van der Waals surface area contributed by atoms with E-state index in [9.17, 15) is 5.21 Å². The summed E-state index contributed by atoms with van der Waals surface area (Å²) in [4.78, 5) is 0. The molecule has 0 amide bonds. The number of rotatable bonds is 2. The zero-order chi connectivity index (χ0) is 11.5. The van der Waals surface area contributed by atoms with Crippen LogP contribution in [0.25, 0.3) is 0 Å². The molecule has 2 nitrogen and oxygen atoms in total. The second kappa shape index (κ2) is 5.33. The van der Waals surface area contributed by atoms with Crippen molar-refractivity contribution in [3.05, 3.63) is 17.0 Å². The summed E-state index contributed by atoms with van der Waals surface area (Å²) in [6.45, 7) is 4.59. The van der Waals surface area contributed by atoms with E-state index in [2.05, 4.69) is 19.9 Å². The molecule has 0 heterocycles. The minimum atomic E-state index is 0.357. The molecule has 2 rings (SSSR count). The minimum absolute atomic E-state index is 0.357. The third kappa shape index (κ3) is 2.86. The summed E-state index contributed by atoms with van der Waals surface area (Å²) in [6.07, 6.45) is 10.3. The summed E-state index contributed by atoms with van der Waals surface area (Å²) in [5.74, 6) is 1.62. The molecule has 0 aromatic rings. The molecule has 0 spiro atoms. The topological polar surface area (TPSA) is 27.5 Å². The van der Waals surface area contributed by atoms with Gasteiger partial charge in [-0.05, 0) is 43.6 Å². The van der Waals surface area contributed by atoms with Gasteiger partial charge in [-0.25, -0.2) is 0 Å². The van der Waals surface area contributed by atoms with Crippen molar-refractivity contribution in [2.75, 3.05) is 0 Å². The van der Waals surface area contributed by atoms with Gasteiger partial charge in [0.25, 0.3) is 0 Å². The molecule has 0 aliphatic heterocycles. The van der Waals surface area contributed by atoms with Crippen LogP contribution in [0.2, 0.25) is 0 Å². The van der Waals surface area contributed by atoms with Gasteiger partial charge in [-0.15, -0.1) is 0 Å². The molecular weight excluding hydrogens is 198 g/mol. The third-order valence-electron chi connectivity index (χ3n) is 4.38. The van der Waals surface area contributed by atoms with Crippen LogP contribution in [0.1, 0.15) is 58.8 Å². The van der Waals surface area contributed by atoms with E-state index in [1.54, 1.807) is 0 Å². The molecule has 2 unspecified atom stereocenters. The van der Waals surface area contributed by atoms with Crippen molar-refractivity contribution in [3.63, 3.8) is 0 Å². The number of hydroxylamine groups is 2. The number of hydrogen-bond acceptors (Lipinski definition) is 1. The fraction of sp³-hybridized carbons (Fsp3) is 0.857. The minimum Gasteiger partial charge on any atom is -0.629 e. The Bertz CT molecular complexity index is 253. The van der Waals surface area contributed by atoms with E-state index in [1.807, 2.05) is 0 Å². The molecule has 0 radical (unpaired) electrons. The summed E-state index contributed by atoms with van der Waals surface area (Å²) >= 11 is 0. The van der Waals surface area contributed by atoms with E-state index in [0.29, 0.717) is 11.1 Å². The second-order valence-electron chi connectivity index (χ2n) is 5.93. The molecule has 0 saturated heterocycles. The molecule has 16 heavy (non-hydrogen) atoms. The zero-order valence-corrected chi connectivity index (χ0v) is 10.7. The molecule has 1 fully saturated rings. The highest BCUT2D eigenvalue weighted by Crippen LogP contribution is 2.24. The summed E-state index contributed by atoms with van der Waals surface area (Å²) in [5, 5.41) is 12.8. The lowest BCUT2D eigenvalue weighted by Crippen LogP contribution is -3.09. The molecule has 1 saturated carbocycles. The lowest BCUT2D eigenvalue weighted by molar-refractivity contribution is -0.839. The van der Waals surface area contributed by atoms with E-state index in [4.69, 9.17) is 0 Å². The van der Waals surface area contributed by atoms with Crippen molar-refractivity contribution >= 4 is 0 Å². The maximum Gasteiger partial charge on any atom is 0.103 e. The van der Waals surface area contributed by atoms with Crippen LogP contribution in [0, 0.1) is 17.0 Å². The van der Waals surface area contributed by atoms with Crippen molar-refractivity contribution in [1.82, 2.24) is 0 Å². The SMILES string of the molecule is CC1CC=C([NH+]([O-])C2CCC(C)CC2)CC1. The van der Waals surface area contributed by atoms with Crippen molar-refractivity contribution in [1.29, 1.82) is 0 Å². The van der Waals surface area contributed by atoms with Gasteiger partial charge in [0.05, 0.1) is 6.04 Å². The number of nitrogens with one attached hydrogen (secondary N) is 1. The fourth-order valence-corrected chi connectivity index (χ4v) is 2.97. The Balaban J connectivity index is 1.89. The molecular formula is C14H25NO. The van der Waals surface area contributed by atoms with Gasteiger partial charge in [-0.3, -0.25) is 0 Å². The van der Waals surface area contributed by atoms with Gasteiger partial charge in [-0.1, -0.05) is 13.8 Å². The zero-order valence-electron chi connectivity index (χ0n) is 10.7. The van der Waals surface area contributed by atoms with E-state index in [1.165, 1.54) is 19.3 Å². The summed E-state index contributed by atoms with van der Waals surface area (Å²) in [7, 11) is 0. The van der Waals surface area contributed by atoms with Gasteiger partial charge < -0.3 is 10.3 Å². The summed E-state index contributed by atoms with van der Waals surface area (Å²) < 4.78 is 0. The molecule has 0 aromatic heterocycles. The molecule has 2 heteroatoms. The average Bonchev–Trinajstić information content (AvgIpc) is 2.30. The molecule has 0 bridgehead atoms. The maximum atomic E-state index is 12.3. The first-order chi connectivity index (χ1) is 7.66. The molecule has 1 N–H and O–H groups in total. The van der Waals surface area contributed by atoms with Crippen molar-refractivity contribution in [3.8, 4) is 0 Å². The highest BCUT2D eigenvalue weighted by atomic mass is 16.5. The highest BCUT2D eigenvalue weighted by Gasteiger charge is 2.26. The number of quaternary nitrogens is 1. The van der Waals surface area contributed by atoms with Gasteiger partial charge in [0.15, 0.2) is 0 Å². The van der Waals surface area contributed by atoms with Crippen LogP contribution in [0.4, 0.5) is 0 Å². The lowest BCUT2D eigenvalue weighted by Gasteiger charge is -2.38. The number of hydrogen-bond donors (Lipinski definition) is 1. The smallest absolute Gasteiger partial charge is 0.103 e. The van der Waals surface area contributed by atoms with Crippen LogP contribution in [0.5, 0.6) is 0 Å². The van der Waals surface area contributed by atoms with Gasteiger partial charge >= 0.3 is 0 Å². The number of allylic oxidation sites excluding steroid dienone is 2. The first kappa shape index (κ1) is 12.1. The van der Waals surface area contributed by atoms with Crippen molar-refractivity contribution in [2.45, 2.75) is 64.8 Å². The largest absolute Gasteiger partial charge is 0.629 e. The predicted octanol–water partition coefficient (Wildman–Crippen LogP) is 2.65. The van der Waals surface area contributed by atoms with E-state index in [0.717, 1.165) is 43.2 Å². The Morgan fingerprint density at radius 3 is 2.31 bits per heavy atom. The first-order valence-corrected chi connectivity index (χ1v) is 6.90. The van der Waals surface area contributed by atoms with Crippen molar-refractivity contribution < 1.29 is 5.06 Å². The van der Waals surface area contributed by atoms with Crippen LogP contribution >= 0.6 is 0 Å². The van der Waals surface area contributed by atoms with Crippen LogP contribution in [-0.4, -0.2) is 6.04 Å². The van der Waals surface area contributed by atoms with Crippen LogP contribution in [0.15, 0.2) is 11.8 Å². The molecule has 0 aromatic carbocycles. The Labute approximate surface area is 99.3 Å². The quantitative estimate of drug-likeness (QED) is 0.716.